The molecule has 3 aliphatic heterocycles. The van der Waals surface area contributed by atoms with E-state index in [1.54, 1.807) is 52.1 Å². The minimum atomic E-state index is -2.43. The first-order valence-electron chi connectivity index (χ1n) is 25.0. The quantitative estimate of drug-likeness (QED) is 0.181. The summed E-state index contributed by atoms with van der Waals surface area (Å²) < 4.78 is 31.6. The van der Waals surface area contributed by atoms with Crippen molar-refractivity contribution >= 4 is 29.2 Å². The summed E-state index contributed by atoms with van der Waals surface area (Å²) in [7, 11) is 4.62. The molecule has 0 aromatic carbocycles. The normalized spacial score (nSPS) is 37.5. The second kappa shape index (κ2) is 25.7. The summed E-state index contributed by atoms with van der Waals surface area (Å²) in [5.41, 5.74) is 1.27. The highest BCUT2D eigenvalue weighted by atomic mass is 16.6. The SMILES string of the molecule is CO[C@H]1C[C@@H]2CC[C@@H](C)[C@@](O)(O2)C(=O)C(=O)N2CCCC[C@H]2C(=O)O[C@H]([C@H](C)C[C@H]2CC[C@@H](n3cnnn3)[C@@H](OC)C2)CC(=O)[C@H](C)/C=C(/C)[C@H](O)[C@H](OC)C(=O)[C@H](C)C[C@H](C)/C=C\C=CC=C1C. The van der Waals surface area contributed by atoms with Gasteiger partial charge < -0.3 is 38.8 Å². The first kappa shape index (κ1) is 55.7. The first-order chi connectivity index (χ1) is 32.8. The molecule has 0 radical (unpaired) electrons. The number of aliphatic hydroxyl groups excluding tert-OH is 1. The zero-order valence-electron chi connectivity index (χ0n) is 42.5. The van der Waals surface area contributed by atoms with E-state index in [1.165, 1.54) is 12.0 Å². The number of ether oxygens (including phenoxy) is 5. The lowest BCUT2D eigenvalue weighted by atomic mass is 9.77. The maximum Gasteiger partial charge on any atom is 0.329 e. The number of carbonyl (C=O) groups excluding carboxylic acids is 5. The van der Waals surface area contributed by atoms with Crippen molar-refractivity contribution in [3.63, 3.8) is 0 Å². The summed E-state index contributed by atoms with van der Waals surface area (Å²) >= 11 is 0. The van der Waals surface area contributed by atoms with Gasteiger partial charge in [-0.2, -0.15) is 0 Å². The fraction of sp³-hybridized carbons (Fsp3) is 0.731. The van der Waals surface area contributed by atoms with Crippen LogP contribution in [-0.2, 0) is 47.7 Å². The van der Waals surface area contributed by atoms with E-state index in [2.05, 4.69) is 15.5 Å². The second-order valence-corrected chi connectivity index (χ2v) is 20.4. The minimum absolute atomic E-state index is 0.0170. The molecule has 4 aliphatic rings. The van der Waals surface area contributed by atoms with Gasteiger partial charge >= 0.3 is 5.97 Å². The monoisotopic (exact) mass is 966 g/mol. The average Bonchev–Trinajstić information content (AvgIpc) is 3.88. The van der Waals surface area contributed by atoms with E-state index in [-0.39, 0.29) is 60.9 Å². The Hall–Kier alpha value is -4.26. The van der Waals surface area contributed by atoms with E-state index in [0.29, 0.717) is 56.9 Å². The number of fused-ring (bicyclic) bond motifs is 3. The Morgan fingerprint density at radius 1 is 0.884 bits per heavy atom. The standard InChI is InChI=1S/C52H79N5O12/c1-31-16-12-11-13-17-32(2)43(65-8)28-39-21-19-37(7)52(64,69-39)49(61)50(62)56-23-15-14-18-41(56)51(63)68-44(34(4)26-38-20-22-40(45(27-38)66-9)57-30-53-54-55-57)29-42(58)33(3)25-36(6)47(60)48(67-10)46(59)35(5)24-31/h11-13,16-17,25,30-31,33-35,37-41,43-45,47-48,60,64H,14-15,18-24,26-29H2,1-10H3/b13-11?,16-12-,32-17?,36-25-/t31-,33-,34-,35-,37-,38-,39+,40-,41+,43+,44+,45+,47+,48-,52-/m1/s1. The molecule has 2 saturated heterocycles. The number of cyclic esters (lactones) is 1. The van der Waals surface area contributed by atoms with E-state index >= 15 is 0 Å². The van der Waals surface area contributed by atoms with Crippen LogP contribution in [0.2, 0.25) is 0 Å². The number of amides is 1. The summed E-state index contributed by atoms with van der Waals surface area (Å²) in [5, 5.41) is 35.2. The van der Waals surface area contributed by atoms with Gasteiger partial charge in [0, 0.05) is 58.5 Å². The summed E-state index contributed by atoms with van der Waals surface area (Å²) in [6.07, 6.45) is 13.9. The van der Waals surface area contributed by atoms with Crippen molar-refractivity contribution in [1.82, 2.24) is 25.1 Å². The highest BCUT2D eigenvalue weighted by molar-refractivity contribution is 6.39. The number of carbonyl (C=O) groups is 5. The van der Waals surface area contributed by atoms with Gasteiger partial charge in [0.2, 0.25) is 5.79 Å². The highest BCUT2D eigenvalue weighted by Gasteiger charge is 2.53. The second-order valence-electron chi connectivity index (χ2n) is 20.4. The smallest absolute Gasteiger partial charge is 0.329 e. The minimum Gasteiger partial charge on any atom is -0.460 e. The number of esters is 1. The lowest BCUT2D eigenvalue weighted by Gasteiger charge is -2.42. The van der Waals surface area contributed by atoms with Gasteiger partial charge in [0.25, 0.3) is 11.7 Å². The van der Waals surface area contributed by atoms with Crippen molar-refractivity contribution < 1.29 is 57.9 Å². The number of hydrogen-bond donors (Lipinski definition) is 2. The van der Waals surface area contributed by atoms with Crippen LogP contribution in [0.3, 0.4) is 0 Å². The fourth-order valence-corrected chi connectivity index (χ4v) is 10.7. The molecule has 2 N–H and O–H groups in total. The number of aliphatic hydroxyl groups is 2. The number of nitrogens with zero attached hydrogens (tertiary/aromatic N) is 5. The number of aromatic nitrogens is 4. The third-order valence-electron chi connectivity index (χ3n) is 15.2. The number of Topliss-reactive ketones (excluding diaryl/α,β-unsaturated/α-hetero) is 3. The van der Waals surface area contributed by atoms with Gasteiger partial charge in [0.15, 0.2) is 5.78 Å². The molecule has 17 nitrogen and oxygen atoms in total. The zero-order chi connectivity index (χ0) is 50.6. The van der Waals surface area contributed by atoms with Crippen LogP contribution >= 0.6 is 0 Å². The van der Waals surface area contributed by atoms with Crippen molar-refractivity contribution in [3.05, 3.63) is 53.9 Å². The molecule has 1 aromatic rings. The Morgan fingerprint density at radius 2 is 1.64 bits per heavy atom. The molecule has 0 unspecified atom stereocenters. The van der Waals surface area contributed by atoms with Crippen molar-refractivity contribution in [2.45, 2.75) is 180 Å². The molecule has 3 fully saturated rings. The maximum absolute atomic E-state index is 14.5. The van der Waals surface area contributed by atoms with Gasteiger partial charge in [-0.3, -0.25) is 19.2 Å². The van der Waals surface area contributed by atoms with Crippen LogP contribution < -0.4 is 0 Å². The maximum atomic E-state index is 14.5. The number of tetrazole rings is 1. The molecule has 1 aromatic heterocycles. The molecule has 2 bridgehead atoms. The van der Waals surface area contributed by atoms with Gasteiger partial charge in [0.1, 0.15) is 36.5 Å². The number of allylic oxidation sites excluding steroid dienone is 6. The average molecular weight is 966 g/mol. The zero-order valence-corrected chi connectivity index (χ0v) is 42.5. The van der Waals surface area contributed by atoms with E-state index < -0.39 is 77.8 Å². The number of hydrogen-bond acceptors (Lipinski definition) is 15. The fourth-order valence-electron chi connectivity index (χ4n) is 10.7. The lowest BCUT2D eigenvalue weighted by Crippen LogP contribution is -2.61. The molecule has 0 spiro atoms. The molecule has 1 aliphatic carbocycles. The number of methoxy groups -OCH3 is 3. The Kier molecular flexibility index (Phi) is 20.8. The van der Waals surface area contributed by atoms with Gasteiger partial charge in [0.05, 0.1) is 24.4 Å². The van der Waals surface area contributed by atoms with Gasteiger partial charge in [-0.15, -0.1) is 5.10 Å². The predicted octanol–water partition coefficient (Wildman–Crippen LogP) is 6.05. The molecule has 1 saturated carbocycles. The molecule has 17 heteroatoms. The van der Waals surface area contributed by atoms with Crippen molar-refractivity contribution in [3.8, 4) is 0 Å². The summed E-state index contributed by atoms with van der Waals surface area (Å²) in [6, 6.07) is -1.19. The molecule has 1 amide bonds. The van der Waals surface area contributed by atoms with Crippen molar-refractivity contribution in [2.24, 2.45) is 35.5 Å². The topological polar surface area (TPSA) is 219 Å². The summed E-state index contributed by atoms with van der Waals surface area (Å²) in [4.78, 5) is 72.3. The third kappa shape index (κ3) is 14.2. The molecule has 15 atom stereocenters. The van der Waals surface area contributed by atoms with Crippen LogP contribution in [0.5, 0.6) is 0 Å². The highest BCUT2D eigenvalue weighted by Crippen LogP contribution is 2.39. The van der Waals surface area contributed by atoms with Crippen LogP contribution in [0, 0.1) is 35.5 Å². The first-order valence-corrected chi connectivity index (χ1v) is 25.0. The van der Waals surface area contributed by atoms with Crippen LogP contribution in [0.15, 0.2) is 53.9 Å². The van der Waals surface area contributed by atoms with Crippen LogP contribution in [-0.4, -0.2) is 141 Å². The number of piperidine rings is 1. The Balaban J connectivity index is 1.46. The third-order valence-corrected chi connectivity index (χ3v) is 15.2. The molecule has 5 rings (SSSR count). The molecule has 4 heterocycles. The number of ketones is 3. The van der Waals surface area contributed by atoms with E-state index in [1.807, 2.05) is 58.1 Å². The summed E-state index contributed by atoms with van der Waals surface area (Å²) in [5.74, 6) is -7.92. The van der Waals surface area contributed by atoms with Crippen LogP contribution in [0.25, 0.3) is 0 Å². The van der Waals surface area contributed by atoms with E-state index in [4.69, 9.17) is 23.7 Å². The van der Waals surface area contributed by atoms with Gasteiger partial charge in [-0.05, 0) is 117 Å². The van der Waals surface area contributed by atoms with Gasteiger partial charge in [-0.1, -0.05) is 71.1 Å². The molecule has 384 valence electrons. The lowest BCUT2D eigenvalue weighted by molar-refractivity contribution is -0.265. The molecular weight excluding hydrogens is 887 g/mol. The Labute approximate surface area is 408 Å². The van der Waals surface area contributed by atoms with Crippen molar-refractivity contribution in [1.29, 1.82) is 0 Å². The largest absolute Gasteiger partial charge is 0.460 e. The van der Waals surface area contributed by atoms with Gasteiger partial charge in [-0.25, -0.2) is 9.48 Å². The van der Waals surface area contributed by atoms with Crippen molar-refractivity contribution in [2.75, 3.05) is 27.9 Å². The van der Waals surface area contributed by atoms with Crippen LogP contribution in [0.1, 0.15) is 132 Å². The molecule has 69 heavy (non-hydrogen) atoms. The summed E-state index contributed by atoms with van der Waals surface area (Å²) in [6.45, 7) is 12.8. The Morgan fingerprint density at radius 3 is 2.32 bits per heavy atom. The van der Waals surface area contributed by atoms with Crippen LogP contribution in [0.4, 0.5) is 0 Å². The predicted molar refractivity (Wildman–Crippen MR) is 256 cm³/mol. The Bertz CT molecular complexity index is 2020. The van der Waals surface area contributed by atoms with E-state index in [9.17, 15) is 34.2 Å². The van der Waals surface area contributed by atoms with E-state index in [0.717, 1.165) is 18.4 Å². The number of rotatable bonds is 7. The molecular formula is C52H79N5O12.